The van der Waals surface area contributed by atoms with Gasteiger partial charge in [0.15, 0.2) is 0 Å². The van der Waals surface area contributed by atoms with E-state index in [4.69, 9.17) is 4.74 Å². The molecule has 1 atom stereocenters. The first-order valence-corrected chi connectivity index (χ1v) is 9.94. The van der Waals surface area contributed by atoms with Gasteiger partial charge in [0.05, 0.1) is 12.2 Å². The van der Waals surface area contributed by atoms with E-state index in [-0.39, 0.29) is 5.91 Å². The normalized spacial score (nSPS) is 15.4. The first-order valence-electron chi connectivity index (χ1n) is 9.94. The number of hydrogen-bond acceptors (Lipinski definition) is 6. The summed E-state index contributed by atoms with van der Waals surface area (Å²) < 4.78 is 7.32. The Hall–Kier alpha value is -3.68. The van der Waals surface area contributed by atoms with Gasteiger partial charge in [0.1, 0.15) is 11.8 Å². The first-order chi connectivity index (χ1) is 14.6. The second-order valence-electron chi connectivity index (χ2n) is 7.20. The number of allylic oxidation sites excluding steroid dienone is 1. The lowest BCUT2D eigenvalue weighted by atomic mass is 9.95. The van der Waals surface area contributed by atoms with Gasteiger partial charge in [0.2, 0.25) is 5.95 Å². The highest BCUT2D eigenvalue weighted by molar-refractivity contribution is 6.06. The highest BCUT2D eigenvalue weighted by Gasteiger charge is 2.34. The predicted molar refractivity (Wildman–Crippen MR) is 114 cm³/mol. The number of amides is 1. The van der Waals surface area contributed by atoms with E-state index >= 15 is 0 Å². The molecule has 1 amide bonds. The van der Waals surface area contributed by atoms with Crippen molar-refractivity contribution in [2.45, 2.75) is 33.2 Å². The van der Waals surface area contributed by atoms with E-state index in [0.717, 1.165) is 29.0 Å². The third-order valence-corrected chi connectivity index (χ3v) is 5.02. The second kappa shape index (κ2) is 8.36. The first kappa shape index (κ1) is 19.6. The van der Waals surface area contributed by atoms with Crippen molar-refractivity contribution >= 4 is 17.5 Å². The molecule has 1 aliphatic heterocycles. The number of carbonyl (C=O) groups is 1. The van der Waals surface area contributed by atoms with Crippen LogP contribution in [0.2, 0.25) is 0 Å². The van der Waals surface area contributed by atoms with Gasteiger partial charge >= 0.3 is 0 Å². The van der Waals surface area contributed by atoms with Crippen molar-refractivity contribution in [3.8, 4) is 5.75 Å². The molecule has 0 bridgehead atoms. The summed E-state index contributed by atoms with van der Waals surface area (Å²) in [5.41, 5.74) is 3.92. The molecule has 1 aliphatic rings. The van der Waals surface area contributed by atoms with Crippen LogP contribution in [0.5, 0.6) is 5.75 Å². The summed E-state index contributed by atoms with van der Waals surface area (Å²) in [6.07, 6.45) is 0.940. The highest BCUT2D eigenvalue weighted by atomic mass is 16.5. The molecule has 3 aromatic rings. The largest absolute Gasteiger partial charge is 0.494 e. The minimum atomic E-state index is -0.458. The molecule has 4 rings (SSSR count). The summed E-state index contributed by atoms with van der Waals surface area (Å²) in [5.74, 6) is 1.08. The number of anilines is 2. The van der Waals surface area contributed by atoms with Gasteiger partial charge in [-0.2, -0.15) is 4.68 Å². The number of para-hydroxylation sites is 1. The highest BCUT2D eigenvalue weighted by Crippen LogP contribution is 2.35. The van der Waals surface area contributed by atoms with Crippen molar-refractivity contribution in [2.75, 3.05) is 17.2 Å². The molecule has 0 fully saturated rings. The van der Waals surface area contributed by atoms with Crippen LogP contribution in [0.1, 0.15) is 37.4 Å². The Kier molecular flexibility index (Phi) is 5.47. The SMILES string of the molecule is CCCOc1ccc(C2C(C(=O)Nc3ccccc3C)=C(C)Nc3nnnn32)cc1. The fourth-order valence-corrected chi connectivity index (χ4v) is 3.48. The number of ether oxygens (including phenoxy) is 1. The van der Waals surface area contributed by atoms with Gasteiger partial charge in [-0.15, -0.1) is 0 Å². The van der Waals surface area contributed by atoms with Gasteiger partial charge in [-0.25, -0.2) is 0 Å². The number of nitrogens with one attached hydrogen (secondary N) is 2. The standard InChI is InChI=1S/C22H24N6O2/c1-4-13-30-17-11-9-16(10-12-17)20-19(15(3)23-22-25-26-27-28(20)22)21(29)24-18-8-6-5-7-14(18)2/h5-12,20H,4,13H2,1-3H3,(H,24,29)(H,23,25,27). The number of fused-ring (bicyclic) bond motifs is 1. The van der Waals surface area contributed by atoms with Gasteiger partial charge in [0, 0.05) is 11.4 Å². The molecule has 2 aromatic carbocycles. The third kappa shape index (κ3) is 3.76. The fraction of sp³-hybridized carbons (Fsp3) is 0.273. The number of aryl methyl sites for hydroxylation is 1. The zero-order valence-electron chi connectivity index (χ0n) is 17.2. The maximum absolute atomic E-state index is 13.3. The lowest BCUT2D eigenvalue weighted by Crippen LogP contribution is -2.31. The molecule has 0 radical (unpaired) electrons. The van der Waals surface area contributed by atoms with Crippen molar-refractivity contribution < 1.29 is 9.53 Å². The van der Waals surface area contributed by atoms with Gasteiger partial charge < -0.3 is 15.4 Å². The number of nitrogens with zero attached hydrogens (tertiary/aromatic N) is 4. The summed E-state index contributed by atoms with van der Waals surface area (Å²) in [7, 11) is 0. The molecule has 0 spiro atoms. The Morgan fingerprint density at radius 3 is 2.67 bits per heavy atom. The van der Waals surface area contributed by atoms with Crippen LogP contribution in [0.25, 0.3) is 0 Å². The maximum Gasteiger partial charge on any atom is 0.255 e. The maximum atomic E-state index is 13.3. The molecular weight excluding hydrogens is 380 g/mol. The van der Waals surface area contributed by atoms with E-state index in [1.54, 1.807) is 4.68 Å². The summed E-state index contributed by atoms with van der Waals surface area (Å²) in [4.78, 5) is 13.3. The van der Waals surface area contributed by atoms with Gasteiger partial charge in [-0.1, -0.05) is 42.4 Å². The molecule has 0 saturated heterocycles. The van der Waals surface area contributed by atoms with Crippen LogP contribution in [0.3, 0.4) is 0 Å². The monoisotopic (exact) mass is 404 g/mol. The van der Waals surface area contributed by atoms with E-state index in [2.05, 4.69) is 33.1 Å². The lowest BCUT2D eigenvalue weighted by Gasteiger charge is -2.28. The number of tetrazole rings is 1. The van der Waals surface area contributed by atoms with Crippen molar-refractivity contribution in [2.24, 2.45) is 0 Å². The van der Waals surface area contributed by atoms with Crippen LogP contribution in [-0.4, -0.2) is 32.7 Å². The summed E-state index contributed by atoms with van der Waals surface area (Å²) >= 11 is 0. The number of carbonyl (C=O) groups excluding carboxylic acids is 1. The number of rotatable bonds is 6. The Morgan fingerprint density at radius 2 is 1.93 bits per heavy atom. The fourth-order valence-electron chi connectivity index (χ4n) is 3.48. The van der Waals surface area contributed by atoms with Gasteiger partial charge in [-0.05, 0) is 60.0 Å². The van der Waals surface area contributed by atoms with Gasteiger partial charge in [0.25, 0.3) is 5.91 Å². The van der Waals surface area contributed by atoms with Crippen molar-refractivity contribution in [1.82, 2.24) is 20.2 Å². The Bertz CT molecular complexity index is 1090. The van der Waals surface area contributed by atoms with E-state index < -0.39 is 6.04 Å². The second-order valence-corrected chi connectivity index (χ2v) is 7.20. The summed E-state index contributed by atoms with van der Waals surface area (Å²) in [5, 5.41) is 18.1. The van der Waals surface area contributed by atoms with Crippen LogP contribution in [0.4, 0.5) is 11.6 Å². The van der Waals surface area contributed by atoms with Crippen LogP contribution >= 0.6 is 0 Å². The average molecular weight is 404 g/mol. The molecule has 154 valence electrons. The van der Waals surface area contributed by atoms with E-state index in [1.807, 2.05) is 62.4 Å². The molecule has 0 saturated carbocycles. The molecule has 8 heteroatoms. The van der Waals surface area contributed by atoms with Crippen LogP contribution < -0.4 is 15.4 Å². The van der Waals surface area contributed by atoms with Gasteiger partial charge in [-0.3, -0.25) is 4.79 Å². The topological polar surface area (TPSA) is 94.0 Å². The van der Waals surface area contributed by atoms with E-state index in [0.29, 0.717) is 23.8 Å². The smallest absolute Gasteiger partial charge is 0.255 e. The number of aromatic nitrogens is 4. The van der Waals surface area contributed by atoms with Crippen LogP contribution in [-0.2, 0) is 4.79 Å². The minimum absolute atomic E-state index is 0.202. The van der Waals surface area contributed by atoms with Crippen LogP contribution in [0.15, 0.2) is 59.8 Å². The predicted octanol–water partition coefficient (Wildman–Crippen LogP) is 3.70. The Morgan fingerprint density at radius 1 is 1.17 bits per heavy atom. The molecular formula is C22H24N6O2. The Labute approximate surface area is 174 Å². The van der Waals surface area contributed by atoms with Crippen molar-refractivity contribution in [3.63, 3.8) is 0 Å². The van der Waals surface area contributed by atoms with Crippen molar-refractivity contribution in [1.29, 1.82) is 0 Å². The van der Waals surface area contributed by atoms with Crippen LogP contribution in [0, 0.1) is 6.92 Å². The molecule has 2 heterocycles. The molecule has 0 aliphatic carbocycles. The lowest BCUT2D eigenvalue weighted by molar-refractivity contribution is -0.113. The Balaban J connectivity index is 1.70. The summed E-state index contributed by atoms with van der Waals surface area (Å²) in [6, 6.07) is 14.9. The average Bonchev–Trinajstić information content (AvgIpc) is 3.21. The summed E-state index contributed by atoms with van der Waals surface area (Å²) in [6.45, 7) is 6.54. The number of hydrogen-bond donors (Lipinski definition) is 2. The van der Waals surface area contributed by atoms with E-state index in [1.165, 1.54) is 0 Å². The molecule has 1 aromatic heterocycles. The molecule has 1 unspecified atom stereocenters. The third-order valence-electron chi connectivity index (χ3n) is 5.02. The van der Waals surface area contributed by atoms with E-state index in [9.17, 15) is 4.79 Å². The molecule has 30 heavy (non-hydrogen) atoms. The molecule has 8 nitrogen and oxygen atoms in total. The number of benzene rings is 2. The zero-order valence-corrected chi connectivity index (χ0v) is 17.2. The zero-order chi connectivity index (χ0) is 21.1. The molecule has 2 N–H and O–H groups in total. The van der Waals surface area contributed by atoms with Crippen molar-refractivity contribution in [3.05, 3.63) is 70.9 Å². The minimum Gasteiger partial charge on any atom is -0.494 e. The quantitative estimate of drug-likeness (QED) is 0.651.